The number of hydrogen-bond acceptors (Lipinski definition) is 7. The first kappa shape index (κ1) is 26.5. The lowest BCUT2D eigenvalue weighted by Gasteiger charge is -2.27. The number of aromatic carboxylic acids is 1. The highest BCUT2D eigenvalue weighted by molar-refractivity contribution is 9.11. The maximum atomic E-state index is 15.4. The number of carbonyl (C=O) groups is 1. The third-order valence-electron chi connectivity index (χ3n) is 6.63. The number of hydrogen-bond donors (Lipinski definition) is 1. The van der Waals surface area contributed by atoms with Crippen molar-refractivity contribution in [1.29, 1.82) is 0 Å². The molecule has 0 bridgehead atoms. The smallest absolute Gasteiger partial charge is 0.335 e. The summed E-state index contributed by atoms with van der Waals surface area (Å²) in [7, 11) is 0. The maximum Gasteiger partial charge on any atom is 0.335 e. The van der Waals surface area contributed by atoms with Crippen LogP contribution in [0.2, 0.25) is 0 Å². The second-order valence-corrected chi connectivity index (χ2v) is 11.6. The van der Waals surface area contributed by atoms with E-state index in [0.717, 1.165) is 27.3 Å². The fraction of sp³-hybridized carbons (Fsp3) is 0.214. The molecule has 0 unspecified atom stereocenters. The highest BCUT2D eigenvalue weighted by Crippen LogP contribution is 2.29. The van der Waals surface area contributed by atoms with Crippen LogP contribution in [0, 0.1) is 11.6 Å². The van der Waals surface area contributed by atoms with Gasteiger partial charge in [0.05, 0.1) is 39.8 Å². The van der Waals surface area contributed by atoms with E-state index in [-0.39, 0.29) is 47.4 Å². The first-order chi connectivity index (χ1) is 19.3. The molecular formula is C28H21BrF2N4O4S. The van der Waals surface area contributed by atoms with E-state index in [2.05, 4.69) is 30.9 Å². The lowest BCUT2D eigenvalue weighted by molar-refractivity contribution is -0.0589. The third kappa shape index (κ3) is 5.47. The molecule has 40 heavy (non-hydrogen) atoms. The van der Waals surface area contributed by atoms with Gasteiger partial charge in [0.2, 0.25) is 5.88 Å². The van der Waals surface area contributed by atoms with Crippen LogP contribution in [0.15, 0.2) is 58.6 Å². The number of pyridine rings is 1. The summed E-state index contributed by atoms with van der Waals surface area (Å²) in [6.07, 6.45) is 2.50. The number of rotatable bonds is 9. The van der Waals surface area contributed by atoms with Crippen molar-refractivity contribution in [3.05, 3.63) is 92.1 Å². The van der Waals surface area contributed by atoms with Crippen LogP contribution in [0.4, 0.5) is 8.78 Å². The molecule has 0 spiro atoms. The average molecular weight is 627 g/mol. The number of nitrogens with zero attached hydrogens (tertiary/aromatic N) is 4. The SMILES string of the molecule is O=C(O)c1ccc2nc(Cc3cc(F)c(-c4cccc(OCc5cnc(Br)s5)n4)cc3F)n(C[C@@H]3CCO3)c2c1. The van der Waals surface area contributed by atoms with Crippen LogP contribution in [0.25, 0.3) is 22.3 Å². The van der Waals surface area contributed by atoms with E-state index in [0.29, 0.717) is 30.0 Å². The summed E-state index contributed by atoms with van der Waals surface area (Å²) < 4.78 is 44.6. The fourth-order valence-corrected chi connectivity index (χ4v) is 5.78. The van der Waals surface area contributed by atoms with Gasteiger partial charge in [0, 0.05) is 30.9 Å². The van der Waals surface area contributed by atoms with E-state index in [4.69, 9.17) is 9.47 Å². The second kappa shape index (κ2) is 11.0. The molecular weight excluding hydrogens is 606 g/mol. The highest BCUT2D eigenvalue weighted by atomic mass is 79.9. The van der Waals surface area contributed by atoms with Gasteiger partial charge in [-0.1, -0.05) is 6.07 Å². The number of halogens is 3. The van der Waals surface area contributed by atoms with E-state index in [1.807, 2.05) is 4.57 Å². The number of carboxylic acids is 1. The molecule has 204 valence electrons. The molecule has 5 aromatic rings. The van der Waals surface area contributed by atoms with Gasteiger partial charge < -0.3 is 19.1 Å². The van der Waals surface area contributed by atoms with Gasteiger partial charge in [-0.25, -0.2) is 28.5 Å². The summed E-state index contributed by atoms with van der Waals surface area (Å²) in [6, 6.07) is 11.8. The quantitative estimate of drug-likeness (QED) is 0.206. The summed E-state index contributed by atoms with van der Waals surface area (Å²) in [5, 5.41) is 9.44. The van der Waals surface area contributed by atoms with Crippen molar-refractivity contribution in [2.45, 2.75) is 32.1 Å². The number of carboxylic acid groups (broad SMARTS) is 1. The predicted octanol–water partition coefficient (Wildman–Crippen LogP) is 6.25. The zero-order valence-electron chi connectivity index (χ0n) is 20.8. The van der Waals surface area contributed by atoms with Crippen molar-refractivity contribution in [2.75, 3.05) is 6.61 Å². The molecule has 2 aromatic carbocycles. The largest absolute Gasteiger partial charge is 0.478 e. The minimum atomic E-state index is -1.06. The summed E-state index contributed by atoms with van der Waals surface area (Å²) in [5.74, 6) is -1.53. The Morgan fingerprint density at radius 2 is 2.02 bits per heavy atom. The van der Waals surface area contributed by atoms with Crippen molar-refractivity contribution >= 4 is 44.3 Å². The minimum absolute atomic E-state index is 0.00776. The molecule has 8 nitrogen and oxygen atoms in total. The van der Waals surface area contributed by atoms with Crippen LogP contribution < -0.4 is 4.74 Å². The van der Waals surface area contributed by atoms with Crippen LogP contribution in [0.3, 0.4) is 0 Å². The molecule has 1 aliphatic rings. The molecule has 1 N–H and O–H groups in total. The highest BCUT2D eigenvalue weighted by Gasteiger charge is 2.23. The van der Waals surface area contributed by atoms with Crippen molar-refractivity contribution in [1.82, 2.24) is 19.5 Å². The van der Waals surface area contributed by atoms with E-state index in [1.54, 1.807) is 36.5 Å². The Morgan fingerprint density at radius 3 is 2.75 bits per heavy atom. The van der Waals surface area contributed by atoms with E-state index in [1.165, 1.54) is 17.4 Å². The summed E-state index contributed by atoms with van der Waals surface area (Å²) in [4.78, 5) is 25.5. The van der Waals surface area contributed by atoms with Gasteiger partial charge in [-0.05, 0) is 64.3 Å². The summed E-state index contributed by atoms with van der Waals surface area (Å²) in [5.41, 5.74) is 1.67. The van der Waals surface area contributed by atoms with Crippen molar-refractivity contribution in [3.8, 4) is 17.1 Å². The molecule has 0 saturated carbocycles. The number of aromatic nitrogens is 4. The molecule has 0 radical (unpaired) electrons. The molecule has 12 heteroatoms. The summed E-state index contributed by atoms with van der Waals surface area (Å²) >= 11 is 4.73. The van der Waals surface area contributed by atoms with Crippen LogP contribution in [0.5, 0.6) is 5.88 Å². The van der Waals surface area contributed by atoms with Crippen LogP contribution >= 0.6 is 27.3 Å². The lowest BCUT2D eigenvalue weighted by atomic mass is 10.0. The number of fused-ring (bicyclic) bond motifs is 1. The van der Waals surface area contributed by atoms with Gasteiger partial charge in [0.1, 0.15) is 24.1 Å². The Bertz CT molecular complexity index is 1740. The van der Waals surface area contributed by atoms with E-state index >= 15 is 8.78 Å². The second-order valence-electron chi connectivity index (χ2n) is 9.26. The number of thiazole rings is 1. The Labute approximate surface area is 239 Å². The first-order valence-corrected chi connectivity index (χ1v) is 14.0. The van der Waals surface area contributed by atoms with Crippen LogP contribution in [-0.2, 0) is 24.3 Å². The molecule has 1 atom stereocenters. The van der Waals surface area contributed by atoms with E-state index < -0.39 is 17.6 Å². The molecule has 3 aromatic heterocycles. The Balaban J connectivity index is 1.28. The van der Waals surface area contributed by atoms with Gasteiger partial charge in [0.15, 0.2) is 3.92 Å². The average Bonchev–Trinajstić information content (AvgIpc) is 3.49. The Hall–Kier alpha value is -3.74. The first-order valence-electron chi connectivity index (χ1n) is 12.4. The van der Waals surface area contributed by atoms with Crippen molar-refractivity contribution in [3.63, 3.8) is 0 Å². The topological polar surface area (TPSA) is 99.4 Å². The fourth-order valence-electron chi connectivity index (χ4n) is 4.51. The van der Waals surface area contributed by atoms with Crippen molar-refractivity contribution < 1.29 is 28.2 Å². The monoisotopic (exact) mass is 626 g/mol. The Morgan fingerprint density at radius 1 is 1.18 bits per heavy atom. The molecule has 4 heterocycles. The maximum absolute atomic E-state index is 15.4. The summed E-state index contributed by atoms with van der Waals surface area (Å²) in [6.45, 7) is 1.33. The van der Waals surface area contributed by atoms with Gasteiger partial charge in [-0.2, -0.15) is 0 Å². The van der Waals surface area contributed by atoms with Crippen molar-refractivity contribution in [2.24, 2.45) is 0 Å². The molecule has 1 fully saturated rings. The van der Waals surface area contributed by atoms with Gasteiger partial charge in [-0.15, -0.1) is 11.3 Å². The lowest BCUT2D eigenvalue weighted by Crippen LogP contribution is -2.31. The molecule has 1 aliphatic heterocycles. The molecule has 1 saturated heterocycles. The normalized spacial score (nSPS) is 14.8. The van der Waals surface area contributed by atoms with E-state index in [9.17, 15) is 9.90 Å². The van der Waals surface area contributed by atoms with Gasteiger partial charge in [0.25, 0.3) is 0 Å². The molecule has 0 aliphatic carbocycles. The zero-order valence-corrected chi connectivity index (χ0v) is 23.2. The Kier molecular flexibility index (Phi) is 7.30. The number of imidazole rings is 1. The predicted molar refractivity (Wildman–Crippen MR) is 148 cm³/mol. The molecule has 6 rings (SSSR count). The number of ether oxygens (including phenoxy) is 2. The molecule has 0 amide bonds. The van der Waals surface area contributed by atoms with Crippen LogP contribution in [0.1, 0.15) is 33.0 Å². The van der Waals surface area contributed by atoms with Crippen LogP contribution in [-0.4, -0.2) is 43.3 Å². The minimum Gasteiger partial charge on any atom is -0.478 e. The van der Waals surface area contributed by atoms with Gasteiger partial charge >= 0.3 is 5.97 Å². The number of benzene rings is 2. The van der Waals surface area contributed by atoms with Gasteiger partial charge in [-0.3, -0.25) is 0 Å². The third-order valence-corrected chi connectivity index (χ3v) is 8.08. The zero-order chi connectivity index (χ0) is 27.8. The standard InChI is InChI=1S/C28H21BrF2N4O4S/c29-28-32-12-18(40-28)14-39-26-3-1-2-22(34-26)19-11-20(30)16(8-21(19)31)10-25-33-23-5-4-15(27(36)37)9-24(23)35(25)13-17-6-7-38-17/h1-5,8-9,11-12,17H,6-7,10,13-14H2,(H,36,37)/t17-/m0/s1.